The average molecular weight is 338 g/mol. The number of hydrogen-bond donors (Lipinski definition) is 0. The minimum atomic E-state index is -0.999. The van der Waals surface area contributed by atoms with E-state index in [0.717, 1.165) is 31.7 Å². The second-order valence-electron chi connectivity index (χ2n) is 6.26. The molecule has 1 aliphatic carbocycles. The predicted octanol–water partition coefficient (Wildman–Crippen LogP) is 3.16. The third-order valence-electron chi connectivity index (χ3n) is 4.84. The van der Waals surface area contributed by atoms with Crippen molar-refractivity contribution < 1.29 is 18.8 Å². The first kappa shape index (κ1) is 16.1. The van der Waals surface area contributed by atoms with Crippen molar-refractivity contribution in [1.82, 2.24) is 0 Å². The van der Waals surface area contributed by atoms with Crippen LogP contribution in [0.15, 0.2) is 18.2 Å². The molecule has 0 radical (unpaired) electrons. The van der Waals surface area contributed by atoms with Crippen LogP contribution in [-0.4, -0.2) is 23.5 Å². The second kappa shape index (κ2) is 6.04. The monoisotopic (exact) mass is 337 g/mol. The summed E-state index contributed by atoms with van der Waals surface area (Å²) in [4.78, 5) is 37.9. The van der Waals surface area contributed by atoms with Gasteiger partial charge in [0.2, 0.25) is 5.78 Å². The number of Topliss-reactive ketones (excluding diaryl/α,β-unsaturated/α-hetero) is 2. The van der Waals surface area contributed by atoms with Crippen molar-refractivity contribution in [1.29, 1.82) is 0 Å². The first-order chi connectivity index (χ1) is 10.9. The Labute approximate surface area is 138 Å². The van der Waals surface area contributed by atoms with Gasteiger partial charge in [-0.3, -0.25) is 19.3 Å². The Bertz CT molecular complexity index is 684. The third-order valence-corrected chi connectivity index (χ3v) is 5.08. The minimum Gasteiger partial charge on any atom is -0.299 e. The Kier molecular flexibility index (Phi) is 4.23. The highest BCUT2D eigenvalue weighted by atomic mass is 35.5. The first-order valence-electron chi connectivity index (χ1n) is 7.74. The zero-order chi connectivity index (χ0) is 16.7. The normalized spacial score (nSPS) is 25.4. The molecule has 0 bridgehead atoms. The molecular formula is C17H17ClFNO3. The van der Waals surface area contributed by atoms with Crippen molar-refractivity contribution >= 4 is 34.8 Å². The minimum absolute atomic E-state index is 0.0217. The fraction of sp³-hybridized carbons (Fsp3) is 0.471. The zero-order valence-electron chi connectivity index (χ0n) is 12.7. The highest BCUT2D eigenvalue weighted by Gasteiger charge is 2.53. The Morgan fingerprint density at radius 3 is 2.48 bits per heavy atom. The zero-order valence-corrected chi connectivity index (χ0v) is 13.5. The van der Waals surface area contributed by atoms with Gasteiger partial charge in [0.15, 0.2) is 0 Å². The molecule has 2 fully saturated rings. The average Bonchev–Trinajstić information content (AvgIpc) is 3.08. The van der Waals surface area contributed by atoms with E-state index >= 15 is 0 Å². The van der Waals surface area contributed by atoms with Gasteiger partial charge in [0.25, 0.3) is 5.91 Å². The number of rotatable bonds is 3. The molecule has 23 heavy (non-hydrogen) atoms. The number of carbonyl (C=O) groups excluding carboxylic acids is 3. The van der Waals surface area contributed by atoms with E-state index in [2.05, 4.69) is 0 Å². The molecule has 2 atom stereocenters. The number of halogens is 2. The van der Waals surface area contributed by atoms with Crippen LogP contribution in [0.25, 0.3) is 0 Å². The lowest BCUT2D eigenvalue weighted by molar-refractivity contribution is -0.138. The summed E-state index contributed by atoms with van der Waals surface area (Å²) in [5, 5.41) is 0.213. The lowest BCUT2D eigenvalue weighted by Gasteiger charge is -2.31. The van der Waals surface area contributed by atoms with E-state index in [9.17, 15) is 18.8 Å². The smallest absolute Gasteiger partial charge is 0.295 e. The molecule has 1 amide bonds. The Hall–Kier alpha value is -1.75. The molecule has 0 N–H and O–H groups in total. The molecule has 0 spiro atoms. The summed E-state index contributed by atoms with van der Waals surface area (Å²) in [5.74, 6) is -3.50. The summed E-state index contributed by atoms with van der Waals surface area (Å²) in [6, 6.07) is 3.39. The Morgan fingerprint density at radius 1 is 1.26 bits per heavy atom. The van der Waals surface area contributed by atoms with Gasteiger partial charge in [-0.15, -0.1) is 0 Å². The maximum absolute atomic E-state index is 14.3. The maximum Gasteiger partial charge on any atom is 0.295 e. The first-order valence-corrected chi connectivity index (χ1v) is 8.12. The van der Waals surface area contributed by atoms with E-state index in [4.69, 9.17) is 11.6 Å². The van der Waals surface area contributed by atoms with E-state index < -0.39 is 29.5 Å². The van der Waals surface area contributed by atoms with Crippen LogP contribution in [0.4, 0.5) is 10.1 Å². The van der Waals surface area contributed by atoms with E-state index in [0.29, 0.717) is 0 Å². The summed E-state index contributed by atoms with van der Waals surface area (Å²) in [6.07, 6.45) is 3.65. The highest BCUT2D eigenvalue weighted by molar-refractivity contribution is 6.48. The molecule has 1 saturated carbocycles. The van der Waals surface area contributed by atoms with Crippen molar-refractivity contribution in [3.05, 3.63) is 29.0 Å². The topological polar surface area (TPSA) is 54.5 Å². The molecule has 1 aliphatic heterocycles. The lowest BCUT2D eigenvalue weighted by atomic mass is 9.85. The predicted molar refractivity (Wildman–Crippen MR) is 83.8 cm³/mol. The molecule has 3 rings (SSSR count). The van der Waals surface area contributed by atoms with E-state index in [1.54, 1.807) is 0 Å². The Morgan fingerprint density at radius 2 is 1.91 bits per heavy atom. The van der Waals surface area contributed by atoms with Gasteiger partial charge in [-0.05, 0) is 43.9 Å². The quantitative estimate of drug-likeness (QED) is 0.629. The van der Waals surface area contributed by atoms with Crippen LogP contribution in [0.5, 0.6) is 0 Å². The number of benzene rings is 1. The maximum atomic E-state index is 14.3. The van der Waals surface area contributed by atoms with E-state index in [1.807, 2.05) is 0 Å². The highest BCUT2D eigenvalue weighted by Crippen LogP contribution is 2.41. The van der Waals surface area contributed by atoms with Crippen molar-refractivity contribution in [3.8, 4) is 0 Å². The molecule has 122 valence electrons. The summed E-state index contributed by atoms with van der Waals surface area (Å²) in [6.45, 7) is 1.32. The van der Waals surface area contributed by atoms with Gasteiger partial charge in [0.1, 0.15) is 17.5 Å². The van der Waals surface area contributed by atoms with Crippen LogP contribution in [0.1, 0.15) is 32.6 Å². The van der Waals surface area contributed by atoms with Gasteiger partial charge in [-0.2, -0.15) is 0 Å². The molecule has 1 heterocycles. The van der Waals surface area contributed by atoms with Crippen LogP contribution < -0.4 is 4.90 Å². The summed E-state index contributed by atoms with van der Waals surface area (Å²) in [7, 11) is 0. The fourth-order valence-corrected chi connectivity index (χ4v) is 4.00. The van der Waals surface area contributed by atoms with Crippen LogP contribution in [0, 0.1) is 17.7 Å². The van der Waals surface area contributed by atoms with Crippen molar-refractivity contribution in [2.24, 2.45) is 11.8 Å². The number of carbonyl (C=O) groups is 3. The summed E-state index contributed by atoms with van der Waals surface area (Å²) >= 11 is 5.77. The lowest BCUT2D eigenvalue weighted by Crippen LogP contribution is -2.42. The molecular weight excluding hydrogens is 321 g/mol. The number of nitrogens with zero attached hydrogens (tertiary/aromatic N) is 1. The molecule has 0 aromatic heterocycles. The molecule has 1 aromatic carbocycles. The molecule has 4 nitrogen and oxygen atoms in total. The summed E-state index contributed by atoms with van der Waals surface area (Å²) < 4.78 is 14.3. The van der Waals surface area contributed by atoms with Gasteiger partial charge in [0, 0.05) is 5.02 Å². The van der Waals surface area contributed by atoms with E-state index in [-0.39, 0.29) is 22.4 Å². The number of anilines is 1. The van der Waals surface area contributed by atoms with Gasteiger partial charge < -0.3 is 0 Å². The largest absolute Gasteiger partial charge is 0.299 e. The fourth-order valence-electron chi connectivity index (χ4n) is 3.84. The van der Waals surface area contributed by atoms with Crippen LogP contribution in [-0.2, 0) is 14.4 Å². The standard InChI is InChI=1S/C17H17ClFNO3/c1-9(21)14-15(10-4-2-3-5-10)20(17(23)16(14)22)13-7-6-11(18)8-12(13)19/h6-8,10,14-15H,2-5H2,1H3/t14?,15-/m1/s1. The van der Waals surface area contributed by atoms with Crippen molar-refractivity contribution in [2.75, 3.05) is 4.90 Å². The van der Waals surface area contributed by atoms with E-state index in [1.165, 1.54) is 24.0 Å². The molecule has 1 aromatic rings. The van der Waals surface area contributed by atoms with Gasteiger partial charge >= 0.3 is 0 Å². The Balaban J connectivity index is 2.09. The van der Waals surface area contributed by atoms with Gasteiger partial charge in [-0.1, -0.05) is 24.4 Å². The van der Waals surface area contributed by atoms with Crippen molar-refractivity contribution in [2.45, 2.75) is 38.6 Å². The van der Waals surface area contributed by atoms with Crippen LogP contribution in [0.3, 0.4) is 0 Å². The SMILES string of the molecule is CC(=O)C1C(=O)C(=O)N(c2ccc(Cl)cc2F)[C@@H]1C1CCCC1. The van der Waals surface area contributed by atoms with Crippen molar-refractivity contribution in [3.63, 3.8) is 0 Å². The van der Waals surface area contributed by atoms with Gasteiger partial charge in [0.05, 0.1) is 11.7 Å². The molecule has 1 saturated heterocycles. The molecule has 2 aliphatic rings. The third kappa shape index (κ3) is 2.67. The number of ketones is 2. The molecule has 1 unspecified atom stereocenters. The number of hydrogen-bond acceptors (Lipinski definition) is 3. The summed E-state index contributed by atoms with van der Waals surface area (Å²) in [5.41, 5.74) is 0.0217. The molecule has 6 heteroatoms. The second-order valence-corrected chi connectivity index (χ2v) is 6.70. The van der Waals surface area contributed by atoms with Crippen LogP contribution >= 0.6 is 11.6 Å². The van der Waals surface area contributed by atoms with Gasteiger partial charge in [-0.25, -0.2) is 4.39 Å². The van der Waals surface area contributed by atoms with Crippen LogP contribution in [0.2, 0.25) is 5.02 Å². The number of amides is 1.